The summed E-state index contributed by atoms with van der Waals surface area (Å²) < 4.78 is 29.5. The molecule has 0 saturated carbocycles. The molecule has 4 rings (SSSR count). The van der Waals surface area contributed by atoms with Crippen LogP contribution in [-0.2, 0) is 0 Å². The molecule has 0 fully saturated rings. The van der Waals surface area contributed by atoms with E-state index in [4.69, 9.17) is 13.7 Å². The van der Waals surface area contributed by atoms with E-state index in [0.717, 1.165) is 0 Å². The highest BCUT2D eigenvalue weighted by atomic mass is 19.1. The Kier molecular flexibility index (Phi) is 4.78. The third-order valence-electron chi connectivity index (χ3n) is 4.03. The molecule has 0 unspecified atom stereocenters. The minimum absolute atomic E-state index is 0.0103. The highest BCUT2D eigenvalue weighted by molar-refractivity contribution is 6.03. The molecule has 0 aliphatic rings. The zero-order valence-corrected chi connectivity index (χ0v) is 15.5. The number of carbonyl (C=O) groups excluding carboxylic acids is 1. The molecular weight excluding hydrogens is 379 g/mol. The summed E-state index contributed by atoms with van der Waals surface area (Å²) in [6, 6.07) is 10.8. The number of nitrogens with one attached hydrogen (secondary N) is 1. The van der Waals surface area contributed by atoms with Crippen molar-refractivity contribution in [1.29, 1.82) is 0 Å². The van der Waals surface area contributed by atoms with Gasteiger partial charge in [-0.05, 0) is 38.1 Å². The number of hydrogen-bond acceptors (Lipinski definition) is 7. The van der Waals surface area contributed by atoms with Crippen LogP contribution in [0.2, 0.25) is 0 Å². The standard InChI is InChI=1S/C20H15FN4O4/c1-11-18(12(2)23-20(22-11)28-15-7-4-3-6-13(15)21)24-19(26)14-10-17(29-25-14)16-8-5-9-27-16/h3-10H,1-2H3,(H,24,26). The molecule has 0 saturated heterocycles. The number of para-hydroxylation sites is 1. The Morgan fingerprint density at radius 3 is 2.52 bits per heavy atom. The number of benzene rings is 1. The zero-order chi connectivity index (χ0) is 20.4. The van der Waals surface area contributed by atoms with Crippen molar-refractivity contribution in [2.45, 2.75) is 13.8 Å². The van der Waals surface area contributed by atoms with Gasteiger partial charge >= 0.3 is 6.01 Å². The maximum Gasteiger partial charge on any atom is 0.322 e. The summed E-state index contributed by atoms with van der Waals surface area (Å²) in [4.78, 5) is 20.9. The van der Waals surface area contributed by atoms with E-state index in [-0.39, 0.29) is 17.5 Å². The SMILES string of the molecule is Cc1nc(Oc2ccccc2F)nc(C)c1NC(=O)c1cc(-c2ccco2)on1. The molecule has 3 aromatic heterocycles. The Balaban J connectivity index is 1.53. The Morgan fingerprint density at radius 1 is 1.07 bits per heavy atom. The first-order valence-corrected chi connectivity index (χ1v) is 8.61. The molecule has 9 heteroatoms. The normalized spacial score (nSPS) is 10.7. The second-order valence-corrected chi connectivity index (χ2v) is 6.09. The monoisotopic (exact) mass is 394 g/mol. The van der Waals surface area contributed by atoms with E-state index in [2.05, 4.69) is 20.4 Å². The first-order valence-electron chi connectivity index (χ1n) is 8.61. The highest BCUT2D eigenvalue weighted by Gasteiger charge is 2.19. The van der Waals surface area contributed by atoms with Crippen molar-refractivity contribution in [3.63, 3.8) is 0 Å². The van der Waals surface area contributed by atoms with Crippen LogP contribution in [0.15, 0.2) is 57.7 Å². The second-order valence-electron chi connectivity index (χ2n) is 6.09. The van der Waals surface area contributed by atoms with Gasteiger partial charge in [-0.25, -0.2) is 4.39 Å². The fourth-order valence-electron chi connectivity index (χ4n) is 2.63. The quantitative estimate of drug-likeness (QED) is 0.530. The molecule has 1 aromatic carbocycles. The number of hydrogen-bond donors (Lipinski definition) is 1. The van der Waals surface area contributed by atoms with Crippen LogP contribution in [0.1, 0.15) is 21.9 Å². The summed E-state index contributed by atoms with van der Waals surface area (Å²) in [5.74, 6) is -0.220. The summed E-state index contributed by atoms with van der Waals surface area (Å²) in [6.07, 6.45) is 1.49. The molecule has 0 bridgehead atoms. The van der Waals surface area contributed by atoms with Crippen LogP contribution >= 0.6 is 0 Å². The molecule has 1 amide bonds. The van der Waals surface area contributed by atoms with E-state index >= 15 is 0 Å². The van der Waals surface area contributed by atoms with Crippen molar-refractivity contribution >= 4 is 11.6 Å². The summed E-state index contributed by atoms with van der Waals surface area (Å²) in [7, 11) is 0. The minimum Gasteiger partial charge on any atom is -0.461 e. The fraction of sp³-hybridized carbons (Fsp3) is 0.100. The summed E-state index contributed by atoms with van der Waals surface area (Å²) in [6.45, 7) is 3.35. The number of halogens is 1. The fourth-order valence-corrected chi connectivity index (χ4v) is 2.63. The average molecular weight is 394 g/mol. The molecule has 0 aliphatic carbocycles. The van der Waals surface area contributed by atoms with Gasteiger partial charge in [0.1, 0.15) is 0 Å². The Hall–Kier alpha value is -4.01. The molecule has 0 atom stereocenters. The third-order valence-corrected chi connectivity index (χ3v) is 4.03. The number of anilines is 1. The predicted molar refractivity (Wildman–Crippen MR) is 100 cm³/mol. The molecule has 3 heterocycles. The van der Waals surface area contributed by atoms with E-state index in [1.54, 1.807) is 38.1 Å². The first kappa shape index (κ1) is 18.4. The van der Waals surface area contributed by atoms with E-state index < -0.39 is 11.7 Å². The largest absolute Gasteiger partial charge is 0.461 e. The number of nitrogens with zero attached hydrogens (tertiary/aromatic N) is 3. The molecular formula is C20H15FN4O4. The van der Waals surface area contributed by atoms with Crippen molar-refractivity contribution in [3.8, 4) is 23.3 Å². The van der Waals surface area contributed by atoms with Crippen LogP contribution in [-0.4, -0.2) is 21.0 Å². The lowest BCUT2D eigenvalue weighted by molar-refractivity contribution is 0.101. The number of rotatable bonds is 5. The van der Waals surface area contributed by atoms with Crippen molar-refractivity contribution in [2.75, 3.05) is 5.32 Å². The molecule has 4 aromatic rings. The van der Waals surface area contributed by atoms with Gasteiger partial charge in [-0.3, -0.25) is 4.79 Å². The van der Waals surface area contributed by atoms with Crippen LogP contribution in [0.5, 0.6) is 11.8 Å². The Labute approximate surface area is 164 Å². The van der Waals surface area contributed by atoms with Crippen LogP contribution in [0.4, 0.5) is 10.1 Å². The third kappa shape index (κ3) is 3.84. The average Bonchev–Trinajstić information content (AvgIpc) is 3.38. The van der Waals surface area contributed by atoms with Crippen LogP contribution < -0.4 is 10.1 Å². The molecule has 1 N–H and O–H groups in total. The van der Waals surface area contributed by atoms with Gasteiger partial charge in [-0.1, -0.05) is 17.3 Å². The van der Waals surface area contributed by atoms with Gasteiger partial charge in [-0.15, -0.1) is 0 Å². The molecule has 0 radical (unpaired) electrons. The lowest BCUT2D eigenvalue weighted by Crippen LogP contribution is -2.15. The lowest BCUT2D eigenvalue weighted by Gasteiger charge is -2.12. The molecule has 0 aliphatic heterocycles. The van der Waals surface area contributed by atoms with Crippen LogP contribution in [0.3, 0.4) is 0 Å². The van der Waals surface area contributed by atoms with Crippen molar-refractivity contribution in [2.24, 2.45) is 0 Å². The molecule has 0 spiro atoms. The number of furan rings is 1. The lowest BCUT2D eigenvalue weighted by atomic mass is 10.2. The number of amides is 1. The van der Waals surface area contributed by atoms with E-state index in [9.17, 15) is 9.18 Å². The zero-order valence-electron chi connectivity index (χ0n) is 15.5. The van der Waals surface area contributed by atoms with Crippen molar-refractivity contribution in [3.05, 3.63) is 71.6 Å². The maximum absolute atomic E-state index is 13.8. The topological polar surface area (TPSA) is 103 Å². The van der Waals surface area contributed by atoms with E-state index in [0.29, 0.717) is 28.6 Å². The number of aryl methyl sites for hydroxylation is 2. The van der Waals surface area contributed by atoms with Gasteiger partial charge in [0.25, 0.3) is 5.91 Å². The number of aromatic nitrogens is 3. The van der Waals surface area contributed by atoms with Crippen molar-refractivity contribution in [1.82, 2.24) is 15.1 Å². The van der Waals surface area contributed by atoms with Gasteiger partial charge in [0.15, 0.2) is 23.0 Å². The van der Waals surface area contributed by atoms with E-state index in [1.165, 1.54) is 24.5 Å². The van der Waals surface area contributed by atoms with Crippen LogP contribution in [0, 0.1) is 19.7 Å². The predicted octanol–water partition coefficient (Wildman–Crippen LogP) is 4.53. The van der Waals surface area contributed by atoms with E-state index in [1.807, 2.05) is 0 Å². The van der Waals surface area contributed by atoms with Gasteiger partial charge in [0, 0.05) is 6.07 Å². The molecule has 146 valence electrons. The Bertz CT molecular complexity index is 1150. The van der Waals surface area contributed by atoms with Gasteiger partial charge in [0.2, 0.25) is 5.76 Å². The minimum atomic E-state index is -0.526. The molecule has 8 nitrogen and oxygen atoms in total. The highest BCUT2D eigenvalue weighted by Crippen LogP contribution is 2.26. The summed E-state index contributed by atoms with van der Waals surface area (Å²) in [5.41, 5.74) is 1.37. The Morgan fingerprint density at radius 2 is 1.83 bits per heavy atom. The first-order chi connectivity index (χ1) is 14.0. The summed E-state index contributed by atoms with van der Waals surface area (Å²) >= 11 is 0. The van der Waals surface area contributed by atoms with Gasteiger partial charge in [-0.2, -0.15) is 9.97 Å². The molecule has 29 heavy (non-hydrogen) atoms. The van der Waals surface area contributed by atoms with Gasteiger partial charge < -0.3 is 19.0 Å². The number of ether oxygens (including phenoxy) is 1. The van der Waals surface area contributed by atoms with Crippen LogP contribution in [0.25, 0.3) is 11.5 Å². The second kappa shape index (κ2) is 7.55. The van der Waals surface area contributed by atoms with Gasteiger partial charge in [0.05, 0.1) is 23.3 Å². The smallest absolute Gasteiger partial charge is 0.322 e. The van der Waals surface area contributed by atoms with Crippen molar-refractivity contribution < 1.29 is 22.9 Å². The maximum atomic E-state index is 13.8. The number of carbonyl (C=O) groups is 1. The summed E-state index contributed by atoms with van der Waals surface area (Å²) in [5, 5.41) is 6.47.